The Morgan fingerprint density at radius 1 is 1.23 bits per heavy atom. The van der Waals surface area contributed by atoms with Gasteiger partial charge in [-0.25, -0.2) is 0 Å². The van der Waals surface area contributed by atoms with E-state index in [9.17, 15) is 4.79 Å². The molecule has 1 aromatic rings. The molecule has 3 N–H and O–H groups in total. The van der Waals surface area contributed by atoms with Crippen molar-refractivity contribution in [3.8, 4) is 0 Å². The first-order valence-corrected chi connectivity index (χ1v) is 8.32. The Kier molecular flexibility index (Phi) is 7.80. The van der Waals surface area contributed by atoms with Crippen molar-refractivity contribution in [3.63, 3.8) is 0 Å². The number of nitrogens with one attached hydrogen (secondary N) is 3. The topological polar surface area (TPSA) is 65.5 Å². The summed E-state index contributed by atoms with van der Waals surface area (Å²) in [5.41, 5.74) is -0.481. The van der Waals surface area contributed by atoms with Crippen LogP contribution >= 0.6 is 11.8 Å². The fraction of sp³-hybridized carbons (Fsp3) is 0.500. The molecular weight excluding hydrogens is 296 g/mol. The SMILES string of the molecule is CN=C(NCCSc1ccccc1)NCC(C)(C)C(=O)NC. The number of aliphatic imine (C=N–C) groups is 1. The molecule has 0 unspecified atom stereocenters. The van der Waals surface area contributed by atoms with Crippen LogP contribution in [0.3, 0.4) is 0 Å². The number of hydrogen-bond donors (Lipinski definition) is 3. The van der Waals surface area contributed by atoms with Gasteiger partial charge in [0.05, 0.1) is 5.41 Å². The Hall–Kier alpha value is -1.69. The van der Waals surface area contributed by atoms with Gasteiger partial charge in [0, 0.05) is 37.8 Å². The van der Waals surface area contributed by atoms with Crippen molar-refractivity contribution in [2.24, 2.45) is 10.4 Å². The summed E-state index contributed by atoms with van der Waals surface area (Å²) in [6, 6.07) is 10.3. The van der Waals surface area contributed by atoms with Crippen LogP contribution in [0.4, 0.5) is 0 Å². The van der Waals surface area contributed by atoms with Gasteiger partial charge >= 0.3 is 0 Å². The molecule has 6 heteroatoms. The predicted octanol–water partition coefficient (Wildman–Crippen LogP) is 1.72. The Morgan fingerprint density at radius 3 is 2.50 bits per heavy atom. The van der Waals surface area contributed by atoms with Crippen molar-refractivity contribution in [2.45, 2.75) is 18.7 Å². The van der Waals surface area contributed by atoms with Crippen LogP contribution in [0.1, 0.15) is 13.8 Å². The molecule has 1 amide bonds. The fourth-order valence-corrected chi connectivity index (χ4v) is 2.59. The highest BCUT2D eigenvalue weighted by Crippen LogP contribution is 2.15. The van der Waals surface area contributed by atoms with Gasteiger partial charge in [-0.15, -0.1) is 11.8 Å². The van der Waals surface area contributed by atoms with Gasteiger partial charge in [0.1, 0.15) is 0 Å². The number of thioether (sulfide) groups is 1. The molecule has 22 heavy (non-hydrogen) atoms. The van der Waals surface area contributed by atoms with Gasteiger partial charge in [0.2, 0.25) is 5.91 Å². The number of amides is 1. The molecule has 122 valence electrons. The molecule has 5 nitrogen and oxygen atoms in total. The van der Waals surface area contributed by atoms with Crippen molar-refractivity contribution in [1.29, 1.82) is 0 Å². The number of benzene rings is 1. The van der Waals surface area contributed by atoms with Gasteiger partial charge in [-0.2, -0.15) is 0 Å². The molecule has 0 heterocycles. The number of carbonyl (C=O) groups is 1. The minimum atomic E-state index is -0.481. The molecule has 0 saturated heterocycles. The van der Waals surface area contributed by atoms with Crippen molar-refractivity contribution < 1.29 is 4.79 Å². The van der Waals surface area contributed by atoms with E-state index < -0.39 is 5.41 Å². The summed E-state index contributed by atoms with van der Waals surface area (Å²) in [5, 5.41) is 9.12. The van der Waals surface area contributed by atoms with E-state index in [0.29, 0.717) is 12.5 Å². The Morgan fingerprint density at radius 2 is 1.91 bits per heavy atom. The highest BCUT2D eigenvalue weighted by molar-refractivity contribution is 7.99. The zero-order chi connectivity index (χ0) is 16.4. The van der Waals surface area contributed by atoms with E-state index in [4.69, 9.17) is 0 Å². The van der Waals surface area contributed by atoms with Gasteiger partial charge in [-0.3, -0.25) is 9.79 Å². The van der Waals surface area contributed by atoms with Gasteiger partial charge in [-0.05, 0) is 26.0 Å². The lowest BCUT2D eigenvalue weighted by molar-refractivity contribution is -0.128. The first-order chi connectivity index (χ1) is 10.5. The third kappa shape index (κ3) is 6.39. The summed E-state index contributed by atoms with van der Waals surface area (Å²) in [7, 11) is 3.38. The lowest BCUT2D eigenvalue weighted by Crippen LogP contribution is -2.47. The standard InChI is InChI=1S/C16H26N4OS/c1-16(2,14(21)17-3)12-20-15(18-4)19-10-11-22-13-8-6-5-7-9-13/h5-9H,10-12H2,1-4H3,(H,17,21)(H2,18,19,20). The molecule has 0 atom stereocenters. The summed E-state index contributed by atoms with van der Waals surface area (Å²) < 4.78 is 0. The van der Waals surface area contributed by atoms with Crippen LogP contribution in [0.15, 0.2) is 40.2 Å². The smallest absolute Gasteiger partial charge is 0.227 e. The molecular formula is C16H26N4OS. The Bertz CT molecular complexity index is 488. The largest absolute Gasteiger partial charge is 0.359 e. The maximum absolute atomic E-state index is 11.7. The highest BCUT2D eigenvalue weighted by atomic mass is 32.2. The number of nitrogens with zero attached hydrogens (tertiary/aromatic N) is 1. The van der Waals surface area contributed by atoms with E-state index in [2.05, 4.69) is 33.1 Å². The minimum Gasteiger partial charge on any atom is -0.359 e. The average molecular weight is 322 g/mol. The van der Waals surface area contributed by atoms with Crippen LogP contribution in [-0.2, 0) is 4.79 Å². The molecule has 0 aliphatic carbocycles. The molecule has 1 rings (SSSR count). The van der Waals surface area contributed by atoms with E-state index in [1.54, 1.807) is 25.9 Å². The summed E-state index contributed by atoms with van der Waals surface area (Å²) in [6.45, 7) is 5.13. The quantitative estimate of drug-likeness (QED) is 0.309. The normalized spacial score (nSPS) is 11.9. The lowest BCUT2D eigenvalue weighted by atomic mass is 9.92. The maximum atomic E-state index is 11.7. The second-order valence-electron chi connectivity index (χ2n) is 5.48. The lowest BCUT2D eigenvalue weighted by Gasteiger charge is -2.24. The molecule has 0 fully saturated rings. The summed E-state index contributed by atoms with van der Waals surface area (Å²) in [5.74, 6) is 1.67. The maximum Gasteiger partial charge on any atom is 0.227 e. The van der Waals surface area contributed by atoms with Crippen LogP contribution in [0.2, 0.25) is 0 Å². The van der Waals surface area contributed by atoms with Crippen LogP contribution in [0, 0.1) is 5.41 Å². The molecule has 1 aromatic carbocycles. The van der Waals surface area contributed by atoms with Crippen molar-refractivity contribution in [3.05, 3.63) is 30.3 Å². The van der Waals surface area contributed by atoms with Crippen LogP contribution in [0.5, 0.6) is 0 Å². The second kappa shape index (κ2) is 9.35. The first kappa shape index (κ1) is 18.4. The zero-order valence-electron chi connectivity index (χ0n) is 13.8. The number of hydrogen-bond acceptors (Lipinski definition) is 3. The average Bonchev–Trinajstić information content (AvgIpc) is 2.54. The van der Waals surface area contributed by atoms with Crippen molar-refractivity contribution in [1.82, 2.24) is 16.0 Å². The molecule has 0 aliphatic heterocycles. The van der Waals surface area contributed by atoms with Gasteiger partial charge < -0.3 is 16.0 Å². The minimum absolute atomic E-state index is 0.00934. The van der Waals surface area contributed by atoms with Crippen LogP contribution < -0.4 is 16.0 Å². The third-order valence-electron chi connectivity index (χ3n) is 3.17. The van der Waals surface area contributed by atoms with E-state index in [0.717, 1.165) is 12.3 Å². The van der Waals surface area contributed by atoms with Gasteiger partial charge in [0.25, 0.3) is 0 Å². The number of carbonyl (C=O) groups excluding carboxylic acids is 1. The number of guanidine groups is 1. The Labute approximate surface area is 137 Å². The molecule has 0 spiro atoms. The number of rotatable bonds is 7. The Balaban J connectivity index is 2.30. The molecule has 0 aromatic heterocycles. The fourth-order valence-electron chi connectivity index (χ4n) is 1.80. The van der Waals surface area contributed by atoms with Crippen LogP contribution in [0.25, 0.3) is 0 Å². The van der Waals surface area contributed by atoms with E-state index in [1.807, 2.05) is 32.0 Å². The monoisotopic (exact) mass is 322 g/mol. The van der Waals surface area contributed by atoms with E-state index in [-0.39, 0.29) is 5.91 Å². The highest BCUT2D eigenvalue weighted by Gasteiger charge is 2.26. The molecule has 0 radical (unpaired) electrons. The third-order valence-corrected chi connectivity index (χ3v) is 4.18. The van der Waals surface area contributed by atoms with Gasteiger partial charge in [-0.1, -0.05) is 18.2 Å². The zero-order valence-corrected chi connectivity index (χ0v) is 14.6. The van der Waals surface area contributed by atoms with Crippen molar-refractivity contribution in [2.75, 3.05) is 32.9 Å². The first-order valence-electron chi connectivity index (χ1n) is 7.34. The van der Waals surface area contributed by atoms with Crippen molar-refractivity contribution >= 4 is 23.6 Å². The molecule has 0 saturated carbocycles. The molecule has 0 aliphatic rings. The predicted molar refractivity (Wildman–Crippen MR) is 94.4 cm³/mol. The van der Waals surface area contributed by atoms with E-state index in [1.165, 1.54) is 4.90 Å². The van der Waals surface area contributed by atoms with Gasteiger partial charge in [0.15, 0.2) is 5.96 Å². The summed E-state index contributed by atoms with van der Waals surface area (Å²) in [4.78, 5) is 17.2. The summed E-state index contributed by atoms with van der Waals surface area (Å²) in [6.07, 6.45) is 0. The van der Waals surface area contributed by atoms with E-state index >= 15 is 0 Å². The molecule has 0 bridgehead atoms. The summed E-state index contributed by atoms with van der Waals surface area (Å²) >= 11 is 1.80. The second-order valence-corrected chi connectivity index (χ2v) is 6.65. The van der Waals surface area contributed by atoms with Crippen LogP contribution in [-0.4, -0.2) is 44.8 Å².